The third kappa shape index (κ3) is 11.7. The molecule has 0 radical (unpaired) electrons. The summed E-state index contributed by atoms with van der Waals surface area (Å²) in [5.74, 6) is 0.517. The van der Waals surface area contributed by atoms with Crippen LogP contribution in [0.4, 0.5) is 0 Å². The van der Waals surface area contributed by atoms with Crippen LogP contribution >= 0.6 is 0 Å². The van der Waals surface area contributed by atoms with Crippen LogP contribution in [0.1, 0.15) is 93.9 Å². The fraction of sp³-hybridized carbons (Fsp3) is 0.531. The Morgan fingerprint density at radius 1 is 1.12 bits per heavy atom. The molecule has 0 spiro atoms. The summed E-state index contributed by atoms with van der Waals surface area (Å²) in [6.45, 7) is 21.1. The molecule has 2 heteroatoms. The van der Waals surface area contributed by atoms with Crippen LogP contribution in [-0.2, 0) is 9.53 Å². The van der Waals surface area contributed by atoms with Gasteiger partial charge in [-0.1, -0.05) is 84.7 Å². The Bertz CT molecular complexity index is 884. The number of hydrogen-bond acceptors (Lipinski definition) is 2. The average molecular weight is 465 g/mol. The maximum absolute atomic E-state index is 10.7. The molecule has 2 nitrogen and oxygen atoms in total. The van der Waals surface area contributed by atoms with E-state index < -0.39 is 0 Å². The number of carbonyl (C=O) groups excluding carboxylic acids is 1. The van der Waals surface area contributed by atoms with Gasteiger partial charge in [-0.15, -0.1) is 0 Å². The zero-order valence-electron chi connectivity index (χ0n) is 23.1. The molecular weight excluding hydrogens is 416 g/mol. The number of hydrogen-bond donors (Lipinski definition) is 0. The number of esters is 1. The lowest BCUT2D eigenvalue weighted by Gasteiger charge is -2.32. The van der Waals surface area contributed by atoms with Crippen molar-refractivity contribution in [3.8, 4) is 0 Å². The predicted octanol–water partition coefficient (Wildman–Crippen LogP) is 9.39. The summed E-state index contributed by atoms with van der Waals surface area (Å²) in [7, 11) is 0. The highest BCUT2D eigenvalue weighted by atomic mass is 16.5. The first-order chi connectivity index (χ1) is 15.9. The molecule has 0 aromatic heterocycles. The van der Waals surface area contributed by atoms with Gasteiger partial charge in [-0.25, -0.2) is 0 Å². The van der Waals surface area contributed by atoms with Crippen molar-refractivity contribution in [3.05, 3.63) is 82.5 Å². The first-order valence-corrected chi connectivity index (χ1v) is 12.8. The third-order valence-corrected chi connectivity index (χ3v) is 6.80. The van der Waals surface area contributed by atoms with E-state index in [0.29, 0.717) is 6.61 Å². The second-order valence-electron chi connectivity index (χ2n) is 10.7. The summed E-state index contributed by atoms with van der Waals surface area (Å²) in [6.07, 6.45) is 22.5. The van der Waals surface area contributed by atoms with Gasteiger partial charge in [0.15, 0.2) is 0 Å². The lowest BCUT2D eigenvalue weighted by molar-refractivity contribution is -0.139. The molecule has 2 aliphatic rings. The minimum Gasteiger partial charge on any atom is -0.462 e. The summed E-state index contributed by atoms with van der Waals surface area (Å²) >= 11 is 0. The zero-order chi connectivity index (χ0) is 25.7. The Kier molecular flexibility index (Phi) is 12.9. The maximum Gasteiger partial charge on any atom is 0.302 e. The number of ether oxygens (including phenoxy) is 1. The lowest BCUT2D eigenvalue weighted by atomic mass is 9.72. The number of allylic oxidation sites excluding steroid dienone is 12. The molecule has 188 valence electrons. The molecular formula is C32H48O2. The van der Waals surface area contributed by atoms with E-state index in [4.69, 9.17) is 4.74 Å². The van der Waals surface area contributed by atoms with E-state index in [1.54, 1.807) is 5.57 Å². The first kappa shape index (κ1) is 29.7. The molecule has 34 heavy (non-hydrogen) atoms. The van der Waals surface area contributed by atoms with Crippen LogP contribution in [0, 0.1) is 11.3 Å². The standard InChI is InChI=1S/C22H32O2.C10H16/c1-17(9-7-10-18(2)14-16-24-20(4)23)12-13-21-19(3)11-8-15-22(21,5)6;1-8(2)10-6-4-9(3)5-7-10/h7,9-10,12-14H,8,11,15-16H2,1-6H3;4,10H,1,5-7H2,2-3H3. The van der Waals surface area contributed by atoms with Gasteiger partial charge in [0.1, 0.15) is 6.61 Å². The van der Waals surface area contributed by atoms with Gasteiger partial charge in [0, 0.05) is 6.92 Å². The van der Waals surface area contributed by atoms with E-state index in [-0.39, 0.29) is 11.4 Å². The van der Waals surface area contributed by atoms with Gasteiger partial charge in [-0.2, -0.15) is 0 Å². The Labute approximate surface area is 209 Å². The molecule has 0 aromatic rings. The van der Waals surface area contributed by atoms with Gasteiger partial charge in [-0.05, 0) is 96.1 Å². The van der Waals surface area contributed by atoms with E-state index in [2.05, 4.69) is 72.4 Å². The molecule has 0 heterocycles. The van der Waals surface area contributed by atoms with Gasteiger partial charge < -0.3 is 4.74 Å². The maximum atomic E-state index is 10.7. The molecule has 0 saturated heterocycles. The Morgan fingerprint density at radius 2 is 1.82 bits per heavy atom. The van der Waals surface area contributed by atoms with Crippen molar-refractivity contribution in [2.24, 2.45) is 11.3 Å². The van der Waals surface area contributed by atoms with E-state index in [0.717, 1.165) is 11.5 Å². The fourth-order valence-corrected chi connectivity index (χ4v) is 4.40. The summed E-state index contributed by atoms with van der Waals surface area (Å²) < 4.78 is 4.89. The first-order valence-electron chi connectivity index (χ1n) is 12.8. The number of carbonyl (C=O) groups is 1. The largest absolute Gasteiger partial charge is 0.462 e. The molecule has 1 unspecified atom stereocenters. The smallest absolute Gasteiger partial charge is 0.302 e. The van der Waals surface area contributed by atoms with E-state index >= 15 is 0 Å². The van der Waals surface area contributed by atoms with Crippen molar-refractivity contribution in [2.75, 3.05) is 6.61 Å². The molecule has 0 bridgehead atoms. The molecule has 1 atom stereocenters. The van der Waals surface area contributed by atoms with Crippen molar-refractivity contribution in [2.45, 2.75) is 93.9 Å². The highest BCUT2D eigenvalue weighted by Crippen LogP contribution is 2.40. The Balaban J connectivity index is 0.000000479. The van der Waals surface area contributed by atoms with Crippen LogP contribution in [0.3, 0.4) is 0 Å². The zero-order valence-corrected chi connectivity index (χ0v) is 23.1. The van der Waals surface area contributed by atoms with Crippen molar-refractivity contribution < 1.29 is 9.53 Å². The molecule has 0 aromatic carbocycles. The van der Waals surface area contributed by atoms with Crippen LogP contribution in [0.25, 0.3) is 0 Å². The second kappa shape index (κ2) is 14.8. The Morgan fingerprint density at radius 3 is 2.38 bits per heavy atom. The quantitative estimate of drug-likeness (QED) is 0.213. The van der Waals surface area contributed by atoms with Crippen LogP contribution in [0.2, 0.25) is 0 Å². The van der Waals surface area contributed by atoms with Crippen LogP contribution in [0.5, 0.6) is 0 Å². The molecule has 2 rings (SSSR count). The third-order valence-electron chi connectivity index (χ3n) is 6.80. The van der Waals surface area contributed by atoms with Crippen molar-refractivity contribution in [3.63, 3.8) is 0 Å². The fourth-order valence-electron chi connectivity index (χ4n) is 4.40. The normalized spacial score (nSPS) is 21.3. The predicted molar refractivity (Wildman–Crippen MR) is 149 cm³/mol. The second-order valence-corrected chi connectivity index (χ2v) is 10.7. The van der Waals surface area contributed by atoms with Gasteiger partial charge in [0.25, 0.3) is 0 Å². The summed E-state index contributed by atoms with van der Waals surface area (Å²) in [4.78, 5) is 10.7. The van der Waals surface area contributed by atoms with Crippen LogP contribution in [0.15, 0.2) is 82.5 Å². The SMILES string of the molecule is C=C(C)C1CC=C(C)CC1.CC(=O)OCC=C(C)C=CC=C(C)C=CC1=C(C)CCCC1(C)C. The molecule has 0 fully saturated rings. The van der Waals surface area contributed by atoms with Crippen LogP contribution < -0.4 is 0 Å². The van der Waals surface area contributed by atoms with Gasteiger partial charge in [0.2, 0.25) is 0 Å². The van der Waals surface area contributed by atoms with Gasteiger partial charge in [-0.3, -0.25) is 4.79 Å². The van der Waals surface area contributed by atoms with E-state index in [1.165, 1.54) is 67.7 Å². The summed E-state index contributed by atoms with van der Waals surface area (Å²) in [5.41, 5.74) is 8.50. The van der Waals surface area contributed by atoms with Crippen LogP contribution in [-0.4, -0.2) is 12.6 Å². The monoisotopic (exact) mass is 464 g/mol. The van der Waals surface area contributed by atoms with Crippen molar-refractivity contribution in [1.82, 2.24) is 0 Å². The molecule has 0 saturated carbocycles. The average Bonchev–Trinajstić information content (AvgIpc) is 2.73. The van der Waals surface area contributed by atoms with E-state index in [9.17, 15) is 4.79 Å². The molecule has 2 aliphatic carbocycles. The highest BCUT2D eigenvalue weighted by Gasteiger charge is 2.26. The lowest BCUT2D eigenvalue weighted by Crippen LogP contribution is -2.19. The summed E-state index contributed by atoms with van der Waals surface area (Å²) in [6, 6.07) is 0. The van der Waals surface area contributed by atoms with Crippen molar-refractivity contribution >= 4 is 5.97 Å². The van der Waals surface area contributed by atoms with Gasteiger partial charge in [0.05, 0.1) is 0 Å². The highest BCUT2D eigenvalue weighted by molar-refractivity contribution is 5.66. The van der Waals surface area contributed by atoms with E-state index in [1.807, 2.05) is 25.2 Å². The van der Waals surface area contributed by atoms with Gasteiger partial charge >= 0.3 is 5.97 Å². The molecule has 0 amide bonds. The minimum absolute atomic E-state index is 0.251. The summed E-state index contributed by atoms with van der Waals surface area (Å²) in [5, 5.41) is 0. The Hall–Kier alpha value is -2.35. The topological polar surface area (TPSA) is 26.3 Å². The molecule has 0 N–H and O–H groups in total. The van der Waals surface area contributed by atoms with Crippen molar-refractivity contribution in [1.29, 1.82) is 0 Å². The molecule has 0 aliphatic heterocycles. The minimum atomic E-state index is -0.251. The number of rotatable bonds is 7.